The molecule has 0 aliphatic rings. The Morgan fingerprint density at radius 1 is 1.20 bits per heavy atom. The number of anilines is 1. The van der Waals surface area contributed by atoms with Gasteiger partial charge in [0.05, 0.1) is 11.1 Å². The molecule has 0 spiro atoms. The molecule has 5 heteroatoms. The van der Waals surface area contributed by atoms with Crippen molar-refractivity contribution in [1.29, 1.82) is 0 Å². The van der Waals surface area contributed by atoms with E-state index in [1.54, 1.807) is 0 Å². The molecule has 0 radical (unpaired) electrons. The van der Waals surface area contributed by atoms with Gasteiger partial charge in [0.1, 0.15) is 6.72 Å². The number of benzene rings is 1. The monoisotopic (exact) mass is 340 g/mol. The summed E-state index contributed by atoms with van der Waals surface area (Å²) in [6, 6.07) is 5.79. The van der Waals surface area contributed by atoms with Gasteiger partial charge in [-0.05, 0) is 69.5 Å². The molecular weight excluding hydrogens is 314 g/mol. The highest BCUT2D eigenvalue weighted by molar-refractivity contribution is 5.92. The lowest BCUT2D eigenvalue weighted by molar-refractivity contribution is -0.436. The van der Waals surface area contributed by atoms with Gasteiger partial charge in [0.2, 0.25) is 0 Å². The second-order valence-corrected chi connectivity index (χ2v) is 6.46. The first-order chi connectivity index (χ1) is 11.7. The summed E-state index contributed by atoms with van der Waals surface area (Å²) in [4.78, 5) is 27.9. The van der Waals surface area contributed by atoms with Crippen LogP contribution in [-0.4, -0.2) is 28.7 Å². The van der Waals surface area contributed by atoms with E-state index in [-0.39, 0.29) is 18.0 Å². The van der Waals surface area contributed by atoms with E-state index in [0.29, 0.717) is 11.1 Å². The number of pyridine rings is 1. The zero-order chi connectivity index (χ0) is 18.7. The summed E-state index contributed by atoms with van der Waals surface area (Å²) in [5, 5.41) is 3.28. The highest BCUT2D eigenvalue weighted by Gasteiger charge is 2.24. The number of carbonyl (C=O) groups excluding carboxylic acids is 1. The predicted octanol–water partition coefficient (Wildman–Crippen LogP) is 3.09. The highest BCUT2D eigenvalue weighted by atomic mass is 16.2. The fourth-order valence-electron chi connectivity index (χ4n) is 2.97. The van der Waals surface area contributed by atoms with Crippen LogP contribution in [0.4, 0.5) is 5.69 Å². The van der Waals surface area contributed by atoms with Crippen LogP contribution in [0.1, 0.15) is 45.2 Å². The predicted molar refractivity (Wildman–Crippen MR) is 102 cm³/mol. The topological polar surface area (TPSA) is 65.0 Å². The number of amides is 1. The Morgan fingerprint density at radius 3 is 2.48 bits per heavy atom. The quantitative estimate of drug-likeness (QED) is 0.649. The van der Waals surface area contributed by atoms with E-state index >= 15 is 0 Å². The maximum atomic E-state index is 12.9. The Morgan fingerprint density at radius 2 is 1.88 bits per heavy atom. The molecule has 2 rings (SSSR count). The largest absolute Gasteiger partial charge is 0.419 e. The minimum atomic E-state index is -0.195. The van der Waals surface area contributed by atoms with Gasteiger partial charge in [-0.3, -0.25) is 4.79 Å². The third-order valence-electron chi connectivity index (χ3n) is 4.28. The van der Waals surface area contributed by atoms with Crippen LogP contribution in [0, 0.1) is 27.7 Å². The van der Waals surface area contributed by atoms with Crippen molar-refractivity contribution in [2.75, 3.05) is 11.9 Å². The number of aromatic nitrogens is 1. The summed E-state index contributed by atoms with van der Waals surface area (Å²) in [6.45, 7) is 14.4. The van der Waals surface area contributed by atoms with Crippen LogP contribution in [0.25, 0.3) is 0 Å². The first-order valence-corrected chi connectivity index (χ1v) is 8.41. The number of aryl methyl sites for hydroxylation is 3. The molecule has 0 saturated carbocycles. The van der Waals surface area contributed by atoms with Crippen LogP contribution >= 0.6 is 0 Å². The molecule has 0 saturated heterocycles. The Kier molecular flexibility index (Phi) is 5.57. The van der Waals surface area contributed by atoms with E-state index in [2.05, 4.69) is 17.0 Å². The van der Waals surface area contributed by atoms with Gasteiger partial charge in [0.25, 0.3) is 5.56 Å². The SMILES string of the molecule is C=[N+](Cc1c(C)cc(C)[nH]c1=O)C(=O)c1cc(C)cc(NCC)c1C. The van der Waals surface area contributed by atoms with Gasteiger partial charge in [-0.2, -0.15) is 4.58 Å². The standard InChI is InChI=1S/C20H25N3O2/c1-7-21-18-9-12(2)8-16(15(18)5)20(25)23(6)11-17-13(3)10-14(4)22-19(17)24/h8-10,21H,6-7,11H2,1-5H3/p+1. The number of H-pyrrole nitrogens is 1. The van der Waals surface area contributed by atoms with E-state index in [4.69, 9.17) is 0 Å². The molecule has 2 aromatic rings. The van der Waals surface area contributed by atoms with Gasteiger partial charge in [0, 0.05) is 17.9 Å². The summed E-state index contributed by atoms with van der Waals surface area (Å²) in [7, 11) is 0. The summed E-state index contributed by atoms with van der Waals surface area (Å²) >= 11 is 0. The summed E-state index contributed by atoms with van der Waals surface area (Å²) in [5.74, 6) is -0.195. The number of carbonyl (C=O) groups is 1. The summed E-state index contributed by atoms with van der Waals surface area (Å²) in [6.07, 6.45) is 0. The van der Waals surface area contributed by atoms with Crippen molar-refractivity contribution in [2.24, 2.45) is 0 Å². The average molecular weight is 340 g/mol. The fourth-order valence-corrected chi connectivity index (χ4v) is 2.97. The lowest BCUT2D eigenvalue weighted by atomic mass is 10.0. The molecule has 0 fully saturated rings. The molecule has 1 aromatic carbocycles. The van der Waals surface area contributed by atoms with Crippen LogP contribution < -0.4 is 10.9 Å². The van der Waals surface area contributed by atoms with Crippen LogP contribution in [-0.2, 0) is 6.54 Å². The van der Waals surface area contributed by atoms with Crippen LogP contribution in [0.2, 0.25) is 0 Å². The number of hydrogen-bond acceptors (Lipinski definition) is 3. The number of rotatable bonds is 5. The van der Waals surface area contributed by atoms with Gasteiger partial charge in [-0.15, -0.1) is 0 Å². The van der Waals surface area contributed by atoms with Crippen molar-refractivity contribution in [3.8, 4) is 0 Å². The van der Waals surface area contributed by atoms with Gasteiger partial charge < -0.3 is 10.3 Å². The molecule has 0 bridgehead atoms. The minimum absolute atomic E-state index is 0.171. The molecule has 1 aromatic heterocycles. The fraction of sp³-hybridized carbons (Fsp3) is 0.350. The molecule has 5 nitrogen and oxygen atoms in total. The molecule has 0 atom stereocenters. The van der Waals surface area contributed by atoms with E-state index < -0.39 is 0 Å². The molecule has 1 heterocycles. The average Bonchev–Trinajstić information content (AvgIpc) is 2.53. The van der Waals surface area contributed by atoms with Gasteiger partial charge in [-0.25, -0.2) is 4.79 Å². The summed E-state index contributed by atoms with van der Waals surface area (Å²) < 4.78 is 1.35. The number of aromatic amines is 1. The van der Waals surface area contributed by atoms with Crippen molar-refractivity contribution in [3.05, 3.63) is 62.1 Å². The lowest BCUT2D eigenvalue weighted by Gasteiger charge is -2.12. The Balaban J connectivity index is 2.36. The van der Waals surface area contributed by atoms with Crippen molar-refractivity contribution in [1.82, 2.24) is 4.98 Å². The first-order valence-electron chi connectivity index (χ1n) is 8.41. The number of nitrogens with zero attached hydrogens (tertiary/aromatic N) is 1. The van der Waals surface area contributed by atoms with Crippen LogP contribution in [0.5, 0.6) is 0 Å². The van der Waals surface area contributed by atoms with Gasteiger partial charge in [-0.1, -0.05) is 0 Å². The zero-order valence-corrected chi connectivity index (χ0v) is 15.6. The Hall–Kier alpha value is -2.69. The molecule has 0 aliphatic heterocycles. The van der Waals surface area contributed by atoms with Gasteiger partial charge >= 0.3 is 5.91 Å². The smallest absolute Gasteiger partial charge is 0.385 e. The third kappa shape index (κ3) is 4.05. The van der Waals surface area contributed by atoms with Crippen molar-refractivity contribution < 1.29 is 9.37 Å². The number of nitrogens with one attached hydrogen (secondary N) is 2. The molecule has 25 heavy (non-hydrogen) atoms. The second kappa shape index (κ2) is 7.47. The molecule has 1 amide bonds. The first kappa shape index (κ1) is 18.6. The number of hydrogen-bond donors (Lipinski definition) is 2. The maximum Gasteiger partial charge on any atom is 0.419 e. The highest BCUT2D eigenvalue weighted by Crippen LogP contribution is 2.22. The molecule has 0 unspecified atom stereocenters. The van der Waals surface area contributed by atoms with E-state index in [0.717, 1.165) is 34.6 Å². The Labute approximate surface area is 148 Å². The van der Waals surface area contributed by atoms with Crippen LogP contribution in [0.15, 0.2) is 23.0 Å². The zero-order valence-electron chi connectivity index (χ0n) is 15.6. The summed E-state index contributed by atoms with van der Waals surface area (Å²) in [5.41, 5.74) is 5.49. The van der Waals surface area contributed by atoms with E-state index in [1.165, 1.54) is 4.58 Å². The van der Waals surface area contributed by atoms with Crippen molar-refractivity contribution >= 4 is 18.3 Å². The lowest BCUT2D eigenvalue weighted by Crippen LogP contribution is -2.26. The molecule has 0 aliphatic carbocycles. The second-order valence-electron chi connectivity index (χ2n) is 6.46. The van der Waals surface area contributed by atoms with Gasteiger partial charge in [0.15, 0.2) is 6.54 Å². The Bertz CT molecular complexity index is 895. The van der Waals surface area contributed by atoms with E-state index in [1.807, 2.05) is 52.8 Å². The van der Waals surface area contributed by atoms with Crippen molar-refractivity contribution in [3.63, 3.8) is 0 Å². The minimum Gasteiger partial charge on any atom is -0.385 e. The third-order valence-corrected chi connectivity index (χ3v) is 4.28. The van der Waals surface area contributed by atoms with Crippen LogP contribution in [0.3, 0.4) is 0 Å². The maximum absolute atomic E-state index is 12.9. The van der Waals surface area contributed by atoms with Crippen molar-refractivity contribution in [2.45, 2.75) is 41.2 Å². The molecule has 132 valence electrons. The normalized spacial score (nSPS) is 10.6. The molecular formula is C20H26N3O2+. The molecule has 2 N–H and O–H groups in total. The van der Waals surface area contributed by atoms with E-state index in [9.17, 15) is 9.59 Å².